The number of ether oxygens (including phenoxy) is 1. The lowest BCUT2D eigenvalue weighted by Crippen LogP contribution is -2.43. The van der Waals surface area contributed by atoms with Crippen molar-refractivity contribution >= 4 is 23.0 Å². The number of benzene rings is 1. The molecule has 3 heterocycles. The van der Waals surface area contributed by atoms with Gasteiger partial charge in [0.2, 0.25) is 5.95 Å². The fourth-order valence-corrected chi connectivity index (χ4v) is 4.06. The summed E-state index contributed by atoms with van der Waals surface area (Å²) in [7, 11) is 0. The van der Waals surface area contributed by atoms with Crippen LogP contribution in [0.15, 0.2) is 48.1 Å². The monoisotopic (exact) mass is 410 g/mol. The summed E-state index contributed by atoms with van der Waals surface area (Å²) < 4.78 is 5.94. The van der Waals surface area contributed by atoms with Crippen molar-refractivity contribution in [1.29, 1.82) is 0 Å². The minimum absolute atomic E-state index is 0.323. The molecule has 0 spiro atoms. The number of likely N-dealkylation sites (tertiary alicyclic amines) is 1. The Morgan fingerprint density at radius 2 is 2.21 bits per heavy atom. The van der Waals surface area contributed by atoms with Gasteiger partial charge in [-0.3, -0.25) is 0 Å². The fourth-order valence-electron chi connectivity index (χ4n) is 3.45. The van der Waals surface area contributed by atoms with Crippen LogP contribution >= 0.6 is 11.3 Å². The van der Waals surface area contributed by atoms with E-state index in [0.717, 1.165) is 54.6 Å². The first-order valence-corrected chi connectivity index (χ1v) is 10.8. The second kappa shape index (κ2) is 9.78. The lowest BCUT2D eigenvalue weighted by molar-refractivity contribution is 0.190. The standard InChI is InChI=1S/C21H26N6OS/c22-16-4-2-10-27(15-16)11-3-12-28-18-6-1-5-17(14-18)25-21-24-8-7-19(26-21)20-23-9-13-29-20/h1,5-9,13-14,16H,2-4,10-12,15,22H2,(H,24,25,26). The Kier molecular flexibility index (Phi) is 6.66. The molecule has 0 radical (unpaired) electrons. The molecule has 1 aliphatic rings. The summed E-state index contributed by atoms with van der Waals surface area (Å²) in [5.74, 6) is 1.37. The van der Waals surface area contributed by atoms with Crippen LogP contribution in [0.2, 0.25) is 0 Å². The van der Waals surface area contributed by atoms with Crippen LogP contribution in [-0.2, 0) is 0 Å². The molecule has 8 heteroatoms. The summed E-state index contributed by atoms with van der Waals surface area (Å²) in [6, 6.07) is 10.1. The number of nitrogens with zero attached hydrogens (tertiary/aromatic N) is 4. The molecule has 3 N–H and O–H groups in total. The number of thiazole rings is 1. The highest BCUT2D eigenvalue weighted by atomic mass is 32.1. The van der Waals surface area contributed by atoms with Gasteiger partial charge < -0.3 is 20.7 Å². The first kappa shape index (κ1) is 19.8. The lowest BCUT2D eigenvalue weighted by Gasteiger charge is -2.30. The normalized spacial score (nSPS) is 17.2. The highest BCUT2D eigenvalue weighted by Crippen LogP contribution is 2.23. The number of aromatic nitrogens is 3. The van der Waals surface area contributed by atoms with Gasteiger partial charge in [-0.2, -0.15) is 0 Å². The zero-order chi connectivity index (χ0) is 19.9. The Bertz CT molecular complexity index is 904. The molecule has 1 saturated heterocycles. The maximum atomic E-state index is 6.04. The smallest absolute Gasteiger partial charge is 0.227 e. The zero-order valence-electron chi connectivity index (χ0n) is 16.3. The average Bonchev–Trinajstić information content (AvgIpc) is 3.27. The van der Waals surface area contributed by atoms with Gasteiger partial charge in [-0.15, -0.1) is 11.3 Å². The second-order valence-electron chi connectivity index (χ2n) is 7.16. The Hall–Kier alpha value is -2.55. The zero-order valence-corrected chi connectivity index (χ0v) is 17.1. The quantitative estimate of drug-likeness (QED) is 0.549. The van der Waals surface area contributed by atoms with Gasteiger partial charge in [0.15, 0.2) is 0 Å². The highest BCUT2D eigenvalue weighted by molar-refractivity contribution is 7.13. The molecule has 0 bridgehead atoms. The molecular formula is C21H26N6OS. The molecule has 29 heavy (non-hydrogen) atoms. The number of nitrogens with two attached hydrogens (primary N) is 1. The maximum Gasteiger partial charge on any atom is 0.227 e. The number of hydrogen-bond acceptors (Lipinski definition) is 8. The van der Waals surface area contributed by atoms with Gasteiger partial charge in [0.1, 0.15) is 16.5 Å². The lowest BCUT2D eigenvalue weighted by atomic mass is 10.1. The Balaban J connectivity index is 1.29. The van der Waals surface area contributed by atoms with E-state index >= 15 is 0 Å². The minimum atomic E-state index is 0.323. The van der Waals surface area contributed by atoms with E-state index in [2.05, 4.69) is 25.2 Å². The molecule has 1 aliphatic heterocycles. The van der Waals surface area contributed by atoms with Gasteiger partial charge in [0.05, 0.1) is 6.61 Å². The summed E-state index contributed by atoms with van der Waals surface area (Å²) in [6.07, 6.45) is 6.84. The van der Waals surface area contributed by atoms with Gasteiger partial charge in [-0.1, -0.05) is 6.07 Å². The molecule has 0 saturated carbocycles. The van der Waals surface area contributed by atoms with Gasteiger partial charge in [-0.25, -0.2) is 15.0 Å². The molecule has 0 aliphatic carbocycles. The number of hydrogen-bond donors (Lipinski definition) is 2. The summed E-state index contributed by atoms with van der Waals surface area (Å²) in [5.41, 5.74) is 7.74. The summed E-state index contributed by atoms with van der Waals surface area (Å²) in [4.78, 5) is 15.6. The molecule has 1 fully saturated rings. The van der Waals surface area contributed by atoms with Crippen molar-refractivity contribution in [2.45, 2.75) is 25.3 Å². The number of piperidine rings is 1. The SMILES string of the molecule is NC1CCCN(CCCOc2cccc(Nc3nccc(-c4nccs4)n3)c2)C1. The van der Waals surface area contributed by atoms with Crippen LogP contribution in [0, 0.1) is 0 Å². The Morgan fingerprint density at radius 1 is 1.24 bits per heavy atom. The van der Waals surface area contributed by atoms with E-state index in [1.165, 1.54) is 6.42 Å². The number of rotatable bonds is 8. The van der Waals surface area contributed by atoms with Crippen LogP contribution in [-0.4, -0.2) is 52.1 Å². The first-order valence-electron chi connectivity index (χ1n) is 9.97. The van der Waals surface area contributed by atoms with Crippen molar-refractivity contribution in [3.8, 4) is 16.5 Å². The third-order valence-electron chi connectivity index (χ3n) is 4.83. The largest absolute Gasteiger partial charge is 0.493 e. The van der Waals surface area contributed by atoms with Crippen LogP contribution in [0.4, 0.5) is 11.6 Å². The maximum absolute atomic E-state index is 6.04. The van der Waals surface area contributed by atoms with Gasteiger partial charge in [-0.05, 0) is 44.0 Å². The van der Waals surface area contributed by atoms with E-state index in [9.17, 15) is 0 Å². The fraction of sp³-hybridized carbons (Fsp3) is 0.381. The Morgan fingerprint density at radius 3 is 3.07 bits per heavy atom. The average molecular weight is 411 g/mol. The van der Waals surface area contributed by atoms with E-state index in [0.29, 0.717) is 18.6 Å². The predicted octanol–water partition coefficient (Wildman–Crippen LogP) is 3.54. The van der Waals surface area contributed by atoms with Gasteiger partial charge in [0, 0.05) is 48.7 Å². The third kappa shape index (κ3) is 5.72. The number of anilines is 2. The van der Waals surface area contributed by atoms with Crippen LogP contribution in [0.1, 0.15) is 19.3 Å². The molecule has 1 aromatic carbocycles. The van der Waals surface area contributed by atoms with Crippen molar-refractivity contribution in [3.05, 3.63) is 48.1 Å². The molecule has 1 atom stereocenters. The Labute approximate surface area is 175 Å². The van der Waals surface area contributed by atoms with E-state index < -0.39 is 0 Å². The van der Waals surface area contributed by atoms with Crippen LogP contribution in [0.3, 0.4) is 0 Å². The van der Waals surface area contributed by atoms with Gasteiger partial charge >= 0.3 is 0 Å². The van der Waals surface area contributed by atoms with Crippen LogP contribution < -0.4 is 15.8 Å². The van der Waals surface area contributed by atoms with Crippen molar-refractivity contribution in [2.24, 2.45) is 5.73 Å². The third-order valence-corrected chi connectivity index (χ3v) is 5.62. The summed E-state index contributed by atoms with van der Waals surface area (Å²) in [6.45, 7) is 3.86. The van der Waals surface area contributed by atoms with Crippen molar-refractivity contribution in [3.63, 3.8) is 0 Å². The molecular weight excluding hydrogens is 384 g/mol. The van der Waals surface area contributed by atoms with E-state index in [4.69, 9.17) is 10.5 Å². The molecule has 4 rings (SSSR count). The number of nitrogens with one attached hydrogen (secondary N) is 1. The first-order chi connectivity index (χ1) is 14.3. The topological polar surface area (TPSA) is 89.2 Å². The van der Waals surface area contributed by atoms with E-state index in [1.54, 1.807) is 23.7 Å². The molecule has 0 amide bonds. The summed E-state index contributed by atoms with van der Waals surface area (Å²) >= 11 is 1.56. The molecule has 2 aromatic heterocycles. The summed E-state index contributed by atoms with van der Waals surface area (Å²) in [5, 5.41) is 6.06. The van der Waals surface area contributed by atoms with Crippen molar-refractivity contribution in [1.82, 2.24) is 19.9 Å². The van der Waals surface area contributed by atoms with Crippen molar-refractivity contribution < 1.29 is 4.74 Å². The van der Waals surface area contributed by atoms with E-state index in [-0.39, 0.29) is 0 Å². The second-order valence-corrected chi connectivity index (χ2v) is 8.06. The predicted molar refractivity (Wildman–Crippen MR) is 117 cm³/mol. The highest BCUT2D eigenvalue weighted by Gasteiger charge is 2.15. The van der Waals surface area contributed by atoms with E-state index in [1.807, 2.05) is 35.7 Å². The van der Waals surface area contributed by atoms with Crippen LogP contribution in [0.5, 0.6) is 5.75 Å². The molecule has 3 aromatic rings. The van der Waals surface area contributed by atoms with Crippen molar-refractivity contribution in [2.75, 3.05) is 31.6 Å². The molecule has 7 nitrogen and oxygen atoms in total. The molecule has 1 unspecified atom stereocenters. The van der Waals surface area contributed by atoms with Gasteiger partial charge in [0.25, 0.3) is 0 Å². The van der Waals surface area contributed by atoms with Crippen LogP contribution in [0.25, 0.3) is 10.7 Å². The molecule has 152 valence electrons. The minimum Gasteiger partial charge on any atom is -0.493 e.